The third-order valence-electron chi connectivity index (χ3n) is 3.49. The van der Waals surface area contributed by atoms with Gasteiger partial charge in [0, 0.05) is 31.8 Å². The number of anilines is 1. The van der Waals surface area contributed by atoms with Gasteiger partial charge in [-0.3, -0.25) is 0 Å². The number of pyridine rings is 1. The predicted molar refractivity (Wildman–Crippen MR) is 72.8 cm³/mol. The fourth-order valence-corrected chi connectivity index (χ4v) is 2.45. The summed E-state index contributed by atoms with van der Waals surface area (Å²) < 4.78 is 5.18. The summed E-state index contributed by atoms with van der Waals surface area (Å²) in [5.41, 5.74) is 1.14. The van der Waals surface area contributed by atoms with Gasteiger partial charge in [0.25, 0.3) is 0 Å². The molecule has 1 aliphatic rings. The first-order valence-electron chi connectivity index (χ1n) is 6.62. The van der Waals surface area contributed by atoms with Crippen molar-refractivity contribution >= 4 is 11.8 Å². The second-order valence-electron chi connectivity index (χ2n) is 4.92. The Bertz CT molecular complexity index is 462. The first kappa shape index (κ1) is 13.8. The van der Waals surface area contributed by atoms with Crippen molar-refractivity contribution in [1.29, 1.82) is 0 Å². The summed E-state index contributed by atoms with van der Waals surface area (Å²) in [5, 5.41) is 9.14. The minimum Gasteiger partial charge on any atom is -0.478 e. The number of rotatable bonds is 5. The van der Waals surface area contributed by atoms with Crippen LogP contribution in [0.4, 0.5) is 5.82 Å². The van der Waals surface area contributed by atoms with Crippen LogP contribution in [0.1, 0.15) is 29.4 Å². The lowest BCUT2D eigenvalue weighted by atomic mass is 10.1. The van der Waals surface area contributed by atoms with Gasteiger partial charge in [-0.2, -0.15) is 0 Å². The first-order valence-corrected chi connectivity index (χ1v) is 6.62. The van der Waals surface area contributed by atoms with E-state index in [2.05, 4.69) is 9.88 Å². The van der Waals surface area contributed by atoms with Crippen LogP contribution in [-0.4, -0.2) is 42.9 Å². The quantitative estimate of drug-likeness (QED) is 0.878. The highest BCUT2D eigenvalue weighted by molar-refractivity contribution is 5.88. The van der Waals surface area contributed by atoms with Crippen molar-refractivity contribution in [2.45, 2.75) is 19.8 Å². The lowest BCUT2D eigenvalue weighted by Crippen LogP contribution is -2.22. The minimum absolute atomic E-state index is 0.317. The molecule has 1 saturated heterocycles. The summed E-state index contributed by atoms with van der Waals surface area (Å²) in [6, 6.07) is 3.31. The highest BCUT2D eigenvalue weighted by Crippen LogP contribution is 2.24. The van der Waals surface area contributed by atoms with Crippen molar-refractivity contribution < 1.29 is 14.6 Å². The fraction of sp³-hybridized carbons (Fsp3) is 0.571. The van der Waals surface area contributed by atoms with E-state index in [1.807, 2.05) is 6.92 Å². The maximum atomic E-state index is 11.1. The lowest BCUT2D eigenvalue weighted by molar-refractivity contribution is 0.0696. The number of carbonyl (C=O) groups is 1. The van der Waals surface area contributed by atoms with Crippen LogP contribution in [0.3, 0.4) is 0 Å². The number of carboxylic acids is 1. The normalized spacial score (nSPS) is 18.8. The SMILES string of the molecule is CCc1cc(C(=O)O)cc(N2CCC(COC)C2)n1. The number of aromatic nitrogens is 1. The van der Waals surface area contributed by atoms with Gasteiger partial charge in [-0.15, -0.1) is 0 Å². The highest BCUT2D eigenvalue weighted by atomic mass is 16.5. The van der Waals surface area contributed by atoms with E-state index in [0.717, 1.165) is 44.0 Å². The number of nitrogens with zero attached hydrogens (tertiary/aromatic N) is 2. The number of carboxylic acid groups (broad SMARTS) is 1. The van der Waals surface area contributed by atoms with Gasteiger partial charge in [0.1, 0.15) is 5.82 Å². The molecule has 0 saturated carbocycles. The van der Waals surface area contributed by atoms with E-state index >= 15 is 0 Å². The van der Waals surface area contributed by atoms with Crippen LogP contribution < -0.4 is 4.90 Å². The van der Waals surface area contributed by atoms with Gasteiger partial charge in [-0.25, -0.2) is 9.78 Å². The van der Waals surface area contributed by atoms with Gasteiger partial charge in [0.15, 0.2) is 0 Å². The number of aryl methyl sites for hydroxylation is 1. The number of hydrogen-bond acceptors (Lipinski definition) is 4. The third-order valence-corrected chi connectivity index (χ3v) is 3.49. The van der Waals surface area contributed by atoms with Gasteiger partial charge in [0.2, 0.25) is 0 Å². The molecule has 2 heterocycles. The molecule has 0 aromatic carbocycles. The molecule has 1 aromatic heterocycles. The molecule has 5 heteroatoms. The van der Waals surface area contributed by atoms with Crippen LogP contribution >= 0.6 is 0 Å². The van der Waals surface area contributed by atoms with Crippen molar-refractivity contribution in [3.8, 4) is 0 Å². The van der Waals surface area contributed by atoms with Crippen LogP contribution in [0.5, 0.6) is 0 Å². The van der Waals surface area contributed by atoms with E-state index < -0.39 is 5.97 Å². The standard InChI is InChI=1S/C14H20N2O3/c1-3-12-6-11(14(17)18)7-13(15-12)16-5-4-10(8-16)9-19-2/h6-7,10H,3-5,8-9H2,1-2H3,(H,17,18). The average Bonchev–Trinajstić information content (AvgIpc) is 2.87. The van der Waals surface area contributed by atoms with Gasteiger partial charge in [-0.05, 0) is 25.0 Å². The molecule has 1 aromatic rings. The molecule has 1 unspecified atom stereocenters. The van der Waals surface area contributed by atoms with Gasteiger partial charge < -0.3 is 14.7 Å². The molecule has 1 N–H and O–H groups in total. The molecule has 0 spiro atoms. The maximum absolute atomic E-state index is 11.1. The summed E-state index contributed by atoms with van der Waals surface area (Å²) in [6.45, 7) is 4.52. The molecular formula is C14H20N2O3. The summed E-state index contributed by atoms with van der Waals surface area (Å²) in [4.78, 5) is 17.8. The Balaban J connectivity index is 2.20. The Hall–Kier alpha value is -1.62. The lowest BCUT2D eigenvalue weighted by Gasteiger charge is -2.18. The number of methoxy groups -OCH3 is 1. The van der Waals surface area contributed by atoms with Crippen molar-refractivity contribution in [3.63, 3.8) is 0 Å². The number of aromatic carboxylic acids is 1. The fourth-order valence-electron chi connectivity index (χ4n) is 2.45. The average molecular weight is 264 g/mol. The van der Waals surface area contributed by atoms with Crippen molar-refractivity contribution in [1.82, 2.24) is 4.98 Å². The molecule has 1 aliphatic heterocycles. The zero-order valence-corrected chi connectivity index (χ0v) is 11.4. The molecule has 19 heavy (non-hydrogen) atoms. The van der Waals surface area contributed by atoms with Crippen LogP contribution in [-0.2, 0) is 11.2 Å². The third kappa shape index (κ3) is 3.23. The largest absolute Gasteiger partial charge is 0.478 e. The summed E-state index contributed by atoms with van der Waals surface area (Å²) in [6.07, 6.45) is 1.80. The van der Waals surface area contributed by atoms with E-state index in [4.69, 9.17) is 9.84 Å². The second-order valence-corrected chi connectivity index (χ2v) is 4.92. The van der Waals surface area contributed by atoms with Crippen LogP contribution in [0.25, 0.3) is 0 Å². The van der Waals surface area contributed by atoms with E-state index in [1.54, 1.807) is 19.2 Å². The van der Waals surface area contributed by atoms with Gasteiger partial charge in [-0.1, -0.05) is 6.92 Å². The smallest absolute Gasteiger partial charge is 0.335 e. The Labute approximate surface area is 113 Å². The molecular weight excluding hydrogens is 244 g/mol. The molecule has 2 rings (SSSR count). The van der Waals surface area contributed by atoms with Gasteiger partial charge >= 0.3 is 5.97 Å². The number of hydrogen-bond donors (Lipinski definition) is 1. The molecule has 0 amide bonds. The Morgan fingerprint density at radius 1 is 1.58 bits per heavy atom. The molecule has 1 atom stereocenters. The van der Waals surface area contributed by atoms with E-state index in [9.17, 15) is 4.79 Å². The minimum atomic E-state index is -0.897. The highest BCUT2D eigenvalue weighted by Gasteiger charge is 2.24. The van der Waals surface area contributed by atoms with Crippen molar-refractivity contribution in [3.05, 3.63) is 23.4 Å². The maximum Gasteiger partial charge on any atom is 0.335 e. The van der Waals surface area contributed by atoms with Crippen molar-refractivity contribution in [2.75, 3.05) is 31.7 Å². The Kier molecular flexibility index (Phi) is 4.37. The first-order chi connectivity index (χ1) is 9.13. The van der Waals surface area contributed by atoms with Crippen LogP contribution in [0.15, 0.2) is 12.1 Å². The second kappa shape index (κ2) is 6.02. The van der Waals surface area contributed by atoms with E-state index in [0.29, 0.717) is 11.5 Å². The van der Waals surface area contributed by atoms with E-state index in [1.165, 1.54) is 0 Å². The monoisotopic (exact) mass is 264 g/mol. The zero-order valence-electron chi connectivity index (χ0n) is 11.4. The number of ether oxygens (including phenoxy) is 1. The molecule has 0 aliphatic carbocycles. The summed E-state index contributed by atoms with van der Waals surface area (Å²) in [5.74, 6) is 0.381. The van der Waals surface area contributed by atoms with Crippen molar-refractivity contribution in [2.24, 2.45) is 5.92 Å². The molecule has 1 fully saturated rings. The molecule has 0 bridgehead atoms. The van der Waals surface area contributed by atoms with Crippen LogP contribution in [0, 0.1) is 5.92 Å². The summed E-state index contributed by atoms with van der Waals surface area (Å²) >= 11 is 0. The zero-order chi connectivity index (χ0) is 13.8. The molecule has 104 valence electrons. The molecule has 0 radical (unpaired) electrons. The predicted octanol–water partition coefficient (Wildman–Crippen LogP) is 1.81. The molecule has 5 nitrogen and oxygen atoms in total. The van der Waals surface area contributed by atoms with E-state index in [-0.39, 0.29) is 0 Å². The van der Waals surface area contributed by atoms with Crippen LogP contribution in [0.2, 0.25) is 0 Å². The topological polar surface area (TPSA) is 62.7 Å². The Morgan fingerprint density at radius 2 is 2.37 bits per heavy atom. The summed E-state index contributed by atoms with van der Waals surface area (Å²) in [7, 11) is 1.71. The van der Waals surface area contributed by atoms with Gasteiger partial charge in [0.05, 0.1) is 12.2 Å². The Morgan fingerprint density at radius 3 is 3.00 bits per heavy atom.